The first kappa shape index (κ1) is 13.2. The molecule has 3 saturated carbocycles. The lowest BCUT2D eigenvalue weighted by atomic mass is 9.79. The van der Waals surface area contributed by atoms with Gasteiger partial charge >= 0.3 is 0 Å². The Morgan fingerprint density at radius 1 is 1.10 bits per heavy atom. The van der Waals surface area contributed by atoms with E-state index >= 15 is 0 Å². The highest BCUT2D eigenvalue weighted by Gasteiger charge is 2.54. The van der Waals surface area contributed by atoms with E-state index in [0.29, 0.717) is 5.92 Å². The lowest BCUT2D eigenvalue weighted by molar-refractivity contribution is 0.0897. The summed E-state index contributed by atoms with van der Waals surface area (Å²) in [6.07, 6.45) is 6.18. The van der Waals surface area contributed by atoms with Gasteiger partial charge in [0.25, 0.3) is 5.91 Å². The minimum Gasteiger partial charge on any atom is -0.349 e. The number of carbonyl (C=O) groups excluding carboxylic acids is 1. The van der Waals surface area contributed by atoms with E-state index in [-0.39, 0.29) is 11.6 Å². The minimum absolute atomic E-state index is 0.0536. The Bertz CT molecular complexity index is 588. The molecule has 2 nitrogen and oxygen atoms in total. The SMILES string of the molecule is O=C(NC1CC2CC1C1CCCC21)c1ccc(F)cc1F. The molecular formula is C17H19F2NO. The van der Waals surface area contributed by atoms with E-state index in [2.05, 4.69) is 5.32 Å². The molecule has 1 aromatic carbocycles. The zero-order chi connectivity index (χ0) is 14.6. The van der Waals surface area contributed by atoms with Crippen molar-refractivity contribution in [2.45, 2.75) is 38.1 Å². The van der Waals surface area contributed by atoms with Gasteiger partial charge in [-0.05, 0) is 61.5 Å². The number of hydrogen-bond acceptors (Lipinski definition) is 1. The highest BCUT2D eigenvalue weighted by Crippen LogP contribution is 2.58. The Hall–Kier alpha value is -1.45. The third-order valence-corrected chi connectivity index (χ3v) is 5.92. The maximum absolute atomic E-state index is 13.7. The molecule has 3 fully saturated rings. The summed E-state index contributed by atoms with van der Waals surface area (Å²) in [5, 5.41) is 3.00. The van der Waals surface area contributed by atoms with E-state index in [1.807, 2.05) is 0 Å². The minimum atomic E-state index is -0.783. The van der Waals surface area contributed by atoms with Crippen molar-refractivity contribution in [1.29, 1.82) is 0 Å². The van der Waals surface area contributed by atoms with Gasteiger partial charge in [0.1, 0.15) is 11.6 Å². The summed E-state index contributed by atoms with van der Waals surface area (Å²) >= 11 is 0. The van der Waals surface area contributed by atoms with Gasteiger partial charge < -0.3 is 5.32 Å². The van der Waals surface area contributed by atoms with Gasteiger partial charge in [-0.1, -0.05) is 6.42 Å². The second kappa shape index (κ2) is 4.79. The largest absolute Gasteiger partial charge is 0.349 e. The Balaban J connectivity index is 1.48. The van der Waals surface area contributed by atoms with Crippen molar-refractivity contribution in [3.8, 4) is 0 Å². The first-order chi connectivity index (χ1) is 10.1. The van der Waals surface area contributed by atoms with Crippen LogP contribution in [0.5, 0.6) is 0 Å². The van der Waals surface area contributed by atoms with Crippen LogP contribution in [0.25, 0.3) is 0 Å². The van der Waals surface area contributed by atoms with E-state index in [1.54, 1.807) is 0 Å². The summed E-state index contributed by atoms with van der Waals surface area (Å²) in [4.78, 5) is 12.2. The topological polar surface area (TPSA) is 29.1 Å². The first-order valence-corrected chi connectivity index (χ1v) is 7.89. The molecule has 1 N–H and O–H groups in total. The average Bonchev–Trinajstić information content (AvgIpc) is 3.09. The predicted octanol–water partition coefficient (Wildman–Crippen LogP) is 3.52. The van der Waals surface area contributed by atoms with Crippen LogP contribution in [-0.2, 0) is 0 Å². The molecule has 0 aromatic heterocycles. The normalized spacial score (nSPS) is 36.8. The van der Waals surface area contributed by atoms with Gasteiger partial charge in [-0.3, -0.25) is 4.79 Å². The van der Waals surface area contributed by atoms with Crippen LogP contribution in [0.3, 0.4) is 0 Å². The number of hydrogen-bond donors (Lipinski definition) is 1. The summed E-state index contributed by atoms with van der Waals surface area (Å²) in [6.45, 7) is 0. The average molecular weight is 291 g/mol. The molecule has 0 aliphatic heterocycles. The van der Waals surface area contributed by atoms with E-state index in [4.69, 9.17) is 0 Å². The second-order valence-corrected chi connectivity index (χ2v) is 6.86. The number of fused-ring (bicyclic) bond motifs is 5. The second-order valence-electron chi connectivity index (χ2n) is 6.86. The number of amides is 1. The smallest absolute Gasteiger partial charge is 0.254 e. The van der Waals surface area contributed by atoms with E-state index < -0.39 is 17.5 Å². The monoisotopic (exact) mass is 291 g/mol. The summed E-state index contributed by atoms with van der Waals surface area (Å²) < 4.78 is 26.6. The van der Waals surface area contributed by atoms with E-state index in [0.717, 1.165) is 36.3 Å². The number of halogens is 2. The fraction of sp³-hybridized carbons (Fsp3) is 0.588. The molecule has 3 aliphatic rings. The number of nitrogens with one attached hydrogen (secondary N) is 1. The van der Waals surface area contributed by atoms with Crippen molar-refractivity contribution < 1.29 is 13.6 Å². The Kier molecular flexibility index (Phi) is 3.02. The highest BCUT2D eigenvalue weighted by molar-refractivity contribution is 5.94. The van der Waals surface area contributed by atoms with Gasteiger partial charge in [0.2, 0.25) is 0 Å². The summed E-state index contributed by atoms with van der Waals surface area (Å²) in [5.41, 5.74) is -0.0536. The lowest BCUT2D eigenvalue weighted by Gasteiger charge is -2.32. The molecule has 1 amide bonds. The zero-order valence-corrected chi connectivity index (χ0v) is 11.8. The van der Waals surface area contributed by atoms with Crippen molar-refractivity contribution in [1.82, 2.24) is 5.32 Å². The van der Waals surface area contributed by atoms with Crippen molar-refractivity contribution >= 4 is 5.91 Å². The van der Waals surface area contributed by atoms with Gasteiger partial charge in [0.05, 0.1) is 5.56 Å². The molecule has 1 aromatic rings. The molecule has 3 aliphatic carbocycles. The predicted molar refractivity (Wildman–Crippen MR) is 74.7 cm³/mol. The van der Waals surface area contributed by atoms with Crippen LogP contribution < -0.4 is 5.32 Å². The number of rotatable bonds is 2. The van der Waals surface area contributed by atoms with Crippen LogP contribution in [0.4, 0.5) is 8.78 Å². The van der Waals surface area contributed by atoms with Gasteiger partial charge in [-0.25, -0.2) is 8.78 Å². The van der Waals surface area contributed by atoms with Crippen molar-refractivity contribution in [3.05, 3.63) is 35.4 Å². The molecule has 112 valence electrons. The quantitative estimate of drug-likeness (QED) is 0.887. The molecular weight excluding hydrogens is 272 g/mol. The Morgan fingerprint density at radius 2 is 1.90 bits per heavy atom. The number of carbonyl (C=O) groups is 1. The van der Waals surface area contributed by atoms with Crippen LogP contribution in [0.15, 0.2) is 18.2 Å². The first-order valence-electron chi connectivity index (χ1n) is 7.89. The maximum atomic E-state index is 13.7. The molecule has 0 radical (unpaired) electrons. The van der Waals surface area contributed by atoms with Crippen LogP contribution >= 0.6 is 0 Å². The molecule has 4 rings (SSSR count). The van der Waals surface area contributed by atoms with Crippen LogP contribution in [0.2, 0.25) is 0 Å². The Labute approximate surface area is 122 Å². The summed E-state index contributed by atoms with van der Waals surface area (Å²) in [7, 11) is 0. The van der Waals surface area contributed by atoms with Gasteiger partial charge in [0.15, 0.2) is 0 Å². The number of benzene rings is 1. The van der Waals surface area contributed by atoms with Gasteiger partial charge in [-0.15, -0.1) is 0 Å². The standard InChI is InChI=1S/C17H19F2NO/c18-10-4-5-13(15(19)8-10)17(21)20-16-7-9-6-14(16)12-3-1-2-11(9)12/h4-5,8-9,11-12,14,16H,1-3,6-7H2,(H,20,21). The highest BCUT2D eigenvalue weighted by atomic mass is 19.1. The zero-order valence-electron chi connectivity index (χ0n) is 11.8. The third kappa shape index (κ3) is 2.07. The van der Waals surface area contributed by atoms with Crippen LogP contribution in [0.1, 0.15) is 42.5 Å². The Morgan fingerprint density at radius 3 is 2.71 bits per heavy atom. The van der Waals surface area contributed by atoms with Crippen LogP contribution in [0, 0.1) is 35.3 Å². The molecule has 0 saturated heterocycles. The van der Waals surface area contributed by atoms with Crippen molar-refractivity contribution in [3.63, 3.8) is 0 Å². The van der Waals surface area contributed by atoms with Crippen molar-refractivity contribution in [2.75, 3.05) is 0 Å². The van der Waals surface area contributed by atoms with Gasteiger partial charge in [0, 0.05) is 12.1 Å². The fourth-order valence-electron chi connectivity index (χ4n) is 5.15. The fourth-order valence-corrected chi connectivity index (χ4v) is 5.15. The maximum Gasteiger partial charge on any atom is 0.254 e. The third-order valence-electron chi connectivity index (χ3n) is 5.92. The summed E-state index contributed by atoms with van der Waals surface area (Å²) in [6, 6.07) is 3.30. The summed E-state index contributed by atoms with van der Waals surface area (Å²) in [5.74, 6) is 1.09. The molecule has 5 atom stereocenters. The molecule has 5 unspecified atom stereocenters. The van der Waals surface area contributed by atoms with Gasteiger partial charge in [-0.2, -0.15) is 0 Å². The molecule has 21 heavy (non-hydrogen) atoms. The van der Waals surface area contributed by atoms with E-state index in [9.17, 15) is 13.6 Å². The lowest BCUT2D eigenvalue weighted by Crippen LogP contribution is -2.42. The van der Waals surface area contributed by atoms with Crippen LogP contribution in [-0.4, -0.2) is 11.9 Å². The molecule has 0 heterocycles. The van der Waals surface area contributed by atoms with E-state index in [1.165, 1.54) is 31.7 Å². The molecule has 2 bridgehead atoms. The van der Waals surface area contributed by atoms with Crippen molar-refractivity contribution in [2.24, 2.45) is 23.7 Å². The molecule has 4 heteroatoms. The molecule has 0 spiro atoms.